The second kappa shape index (κ2) is 8.36. The molecule has 0 aliphatic carbocycles. The molecule has 0 saturated heterocycles. The molecule has 0 fully saturated rings. The molecular formula is C14H13F2N3O3. The molecule has 22 heavy (non-hydrogen) atoms. The molecule has 0 radical (unpaired) electrons. The number of nitrogens with one attached hydrogen (secondary N) is 2. The summed E-state index contributed by atoms with van der Waals surface area (Å²) >= 11 is 0. The summed E-state index contributed by atoms with van der Waals surface area (Å²) in [5, 5.41) is 22.0. The van der Waals surface area contributed by atoms with Gasteiger partial charge >= 0.3 is 5.97 Å². The average Bonchev–Trinajstić information content (AvgIpc) is 2.47. The number of carbonyl (C=O) groups is 2. The van der Waals surface area contributed by atoms with Gasteiger partial charge in [0.2, 0.25) is 0 Å². The number of rotatable bonds is 7. The fourth-order valence-electron chi connectivity index (χ4n) is 1.44. The summed E-state index contributed by atoms with van der Waals surface area (Å²) in [6.07, 6.45) is 1.05. The third kappa shape index (κ3) is 5.58. The summed E-state index contributed by atoms with van der Waals surface area (Å²) in [5.74, 6) is -3.14. The quantitative estimate of drug-likeness (QED) is 0.405. The molecule has 0 aliphatic heterocycles. The van der Waals surface area contributed by atoms with E-state index >= 15 is 0 Å². The highest BCUT2D eigenvalue weighted by atomic mass is 19.1. The predicted molar refractivity (Wildman–Crippen MR) is 73.6 cm³/mol. The Morgan fingerprint density at radius 3 is 2.73 bits per heavy atom. The van der Waals surface area contributed by atoms with Gasteiger partial charge in [-0.15, -0.1) is 0 Å². The number of carbonyl (C=O) groups excluding carboxylic acids is 1. The van der Waals surface area contributed by atoms with Crippen molar-refractivity contribution in [3.8, 4) is 6.07 Å². The van der Waals surface area contributed by atoms with Gasteiger partial charge in [0.25, 0.3) is 5.91 Å². The van der Waals surface area contributed by atoms with E-state index in [0.29, 0.717) is 0 Å². The van der Waals surface area contributed by atoms with Gasteiger partial charge < -0.3 is 15.7 Å². The van der Waals surface area contributed by atoms with Crippen molar-refractivity contribution >= 4 is 17.6 Å². The second-order valence-electron chi connectivity index (χ2n) is 4.19. The predicted octanol–water partition coefficient (Wildman–Crippen LogP) is 1.77. The highest BCUT2D eigenvalue weighted by molar-refractivity contribution is 5.97. The topological polar surface area (TPSA) is 102 Å². The first-order valence-corrected chi connectivity index (χ1v) is 6.26. The van der Waals surface area contributed by atoms with Crippen molar-refractivity contribution in [1.82, 2.24) is 5.32 Å². The van der Waals surface area contributed by atoms with E-state index in [9.17, 15) is 18.4 Å². The molecule has 0 unspecified atom stereocenters. The van der Waals surface area contributed by atoms with Crippen molar-refractivity contribution in [1.29, 1.82) is 5.26 Å². The molecule has 0 heterocycles. The molecule has 0 aromatic heterocycles. The molecule has 0 spiro atoms. The van der Waals surface area contributed by atoms with E-state index in [0.717, 1.165) is 24.4 Å². The maximum Gasteiger partial charge on any atom is 0.303 e. The Hall–Kier alpha value is -2.95. The number of hydrogen-bond donors (Lipinski definition) is 3. The number of carboxylic acid groups (broad SMARTS) is 1. The number of amides is 1. The number of anilines is 1. The summed E-state index contributed by atoms with van der Waals surface area (Å²) in [7, 11) is 0. The van der Waals surface area contributed by atoms with E-state index in [2.05, 4.69) is 10.6 Å². The molecule has 1 rings (SSSR count). The first-order valence-electron chi connectivity index (χ1n) is 6.26. The van der Waals surface area contributed by atoms with E-state index in [1.165, 1.54) is 0 Å². The maximum atomic E-state index is 13.4. The van der Waals surface area contributed by atoms with Crippen LogP contribution in [0.1, 0.15) is 12.8 Å². The average molecular weight is 309 g/mol. The van der Waals surface area contributed by atoms with E-state index < -0.39 is 23.5 Å². The maximum absolute atomic E-state index is 13.4. The van der Waals surface area contributed by atoms with E-state index in [1.54, 1.807) is 6.07 Å². The molecule has 0 saturated carbocycles. The second-order valence-corrected chi connectivity index (χ2v) is 4.19. The van der Waals surface area contributed by atoms with Crippen LogP contribution in [0.2, 0.25) is 0 Å². The Morgan fingerprint density at radius 1 is 1.36 bits per heavy atom. The fourth-order valence-corrected chi connectivity index (χ4v) is 1.44. The third-order valence-corrected chi connectivity index (χ3v) is 2.52. The van der Waals surface area contributed by atoms with Gasteiger partial charge in [0, 0.05) is 25.2 Å². The minimum atomic E-state index is -0.992. The summed E-state index contributed by atoms with van der Waals surface area (Å²) in [5.41, 5.74) is -0.564. The van der Waals surface area contributed by atoms with Crippen LogP contribution in [-0.4, -0.2) is 23.5 Å². The standard InChI is InChI=1S/C14H13F2N3O3/c15-10-3-4-11(16)12(6-10)19-8-9(7-17)14(22)18-5-1-2-13(20)21/h3-4,6,8,19H,1-2,5H2,(H,18,22)(H,20,21)/b9-8-. The molecule has 6 nitrogen and oxygen atoms in total. The van der Waals surface area contributed by atoms with Crippen molar-refractivity contribution in [3.05, 3.63) is 41.6 Å². The van der Waals surface area contributed by atoms with E-state index in [-0.39, 0.29) is 30.6 Å². The van der Waals surface area contributed by atoms with Gasteiger partial charge in [0.05, 0.1) is 5.69 Å². The number of halogens is 2. The molecular weight excluding hydrogens is 296 g/mol. The van der Waals surface area contributed by atoms with Gasteiger partial charge in [-0.05, 0) is 18.6 Å². The molecule has 116 valence electrons. The van der Waals surface area contributed by atoms with Crippen LogP contribution < -0.4 is 10.6 Å². The summed E-state index contributed by atoms with van der Waals surface area (Å²) < 4.78 is 26.3. The van der Waals surface area contributed by atoms with E-state index in [4.69, 9.17) is 10.4 Å². The minimum absolute atomic E-state index is 0.0818. The molecule has 3 N–H and O–H groups in total. The van der Waals surface area contributed by atoms with Crippen LogP contribution in [0.3, 0.4) is 0 Å². The van der Waals surface area contributed by atoms with Gasteiger partial charge in [0.1, 0.15) is 23.3 Å². The monoisotopic (exact) mass is 309 g/mol. The van der Waals surface area contributed by atoms with E-state index in [1.807, 2.05) is 0 Å². The first-order chi connectivity index (χ1) is 10.4. The third-order valence-electron chi connectivity index (χ3n) is 2.52. The lowest BCUT2D eigenvalue weighted by atomic mass is 10.2. The molecule has 0 bridgehead atoms. The summed E-state index contributed by atoms with van der Waals surface area (Å²) in [4.78, 5) is 21.9. The van der Waals surface area contributed by atoms with Crippen LogP contribution >= 0.6 is 0 Å². The number of hydrogen-bond acceptors (Lipinski definition) is 4. The number of benzene rings is 1. The fraction of sp³-hybridized carbons (Fsp3) is 0.214. The van der Waals surface area contributed by atoms with Gasteiger partial charge in [-0.3, -0.25) is 9.59 Å². The van der Waals surface area contributed by atoms with Gasteiger partial charge in [-0.25, -0.2) is 8.78 Å². The Morgan fingerprint density at radius 2 is 2.09 bits per heavy atom. The van der Waals surface area contributed by atoms with Crippen LogP contribution in [0.4, 0.5) is 14.5 Å². The summed E-state index contributed by atoms with van der Waals surface area (Å²) in [6.45, 7) is 0.0818. The Bertz CT molecular complexity index is 639. The van der Waals surface area contributed by atoms with Gasteiger partial charge in [-0.1, -0.05) is 0 Å². The Balaban J connectivity index is 2.62. The molecule has 8 heteroatoms. The lowest BCUT2D eigenvalue weighted by Gasteiger charge is -2.05. The van der Waals surface area contributed by atoms with Crippen molar-refractivity contribution < 1.29 is 23.5 Å². The largest absolute Gasteiger partial charge is 0.481 e. The van der Waals surface area contributed by atoms with Crippen LogP contribution in [0.5, 0.6) is 0 Å². The van der Waals surface area contributed by atoms with Crippen LogP contribution in [-0.2, 0) is 9.59 Å². The van der Waals surface area contributed by atoms with Gasteiger partial charge in [0.15, 0.2) is 0 Å². The number of nitriles is 1. The molecule has 1 amide bonds. The lowest BCUT2D eigenvalue weighted by Crippen LogP contribution is -2.26. The molecule has 1 aromatic carbocycles. The number of nitrogens with zero attached hydrogens (tertiary/aromatic N) is 1. The normalized spacial score (nSPS) is 10.7. The van der Waals surface area contributed by atoms with Crippen LogP contribution in [0.25, 0.3) is 0 Å². The zero-order chi connectivity index (χ0) is 16.5. The molecule has 0 atom stereocenters. The molecule has 0 aliphatic rings. The lowest BCUT2D eigenvalue weighted by molar-refractivity contribution is -0.137. The Labute approximate surface area is 125 Å². The molecule has 1 aromatic rings. The minimum Gasteiger partial charge on any atom is -0.481 e. The van der Waals surface area contributed by atoms with Gasteiger partial charge in [-0.2, -0.15) is 5.26 Å². The SMILES string of the molecule is N#C/C(=C/Nc1cc(F)ccc1F)C(=O)NCCCC(=O)O. The van der Waals surface area contributed by atoms with Crippen LogP contribution in [0.15, 0.2) is 30.0 Å². The van der Waals surface area contributed by atoms with Crippen molar-refractivity contribution in [2.45, 2.75) is 12.8 Å². The van der Waals surface area contributed by atoms with Crippen molar-refractivity contribution in [3.63, 3.8) is 0 Å². The highest BCUT2D eigenvalue weighted by Gasteiger charge is 2.09. The zero-order valence-corrected chi connectivity index (χ0v) is 11.4. The smallest absolute Gasteiger partial charge is 0.303 e. The first kappa shape index (κ1) is 17.1. The van der Waals surface area contributed by atoms with Crippen LogP contribution in [0, 0.1) is 23.0 Å². The number of aliphatic carboxylic acids is 1. The summed E-state index contributed by atoms with van der Waals surface area (Å²) in [6, 6.07) is 4.33. The van der Waals surface area contributed by atoms with Crippen molar-refractivity contribution in [2.24, 2.45) is 0 Å². The number of carboxylic acids is 1. The highest BCUT2D eigenvalue weighted by Crippen LogP contribution is 2.15. The van der Waals surface area contributed by atoms with Crippen molar-refractivity contribution in [2.75, 3.05) is 11.9 Å². The zero-order valence-electron chi connectivity index (χ0n) is 11.4. The Kier molecular flexibility index (Phi) is 6.50.